The highest BCUT2D eigenvalue weighted by atomic mass is 32.2. The summed E-state index contributed by atoms with van der Waals surface area (Å²) in [7, 11) is 0. The van der Waals surface area contributed by atoms with E-state index in [9.17, 15) is 0 Å². The van der Waals surface area contributed by atoms with E-state index in [4.69, 9.17) is 0 Å². The van der Waals surface area contributed by atoms with Crippen molar-refractivity contribution in [2.75, 3.05) is 0 Å². The molecule has 1 aliphatic carbocycles. The normalized spacial score (nSPS) is 14.2. The lowest BCUT2D eigenvalue weighted by atomic mass is 9.67. The molecule has 0 radical (unpaired) electrons. The number of aryl methyl sites for hydroxylation is 1. The SMILES string of the molecule is Cc1ccc(-n2c3ccccc3c3ccc4c(c32)Sc2ccccc2C42c3ccccc3-c3ccccc32)cc1. The minimum absolute atomic E-state index is 0.368. The van der Waals surface area contributed by atoms with Gasteiger partial charge in [-0.25, -0.2) is 0 Å². The van der Waals surface area contributed by atoms with Crippen molar-refractivity contribution >= 4 is 33.6 Å². The topological polar surface area (TPSA) is 4.93 Å². The van der Waals surface area contributed by atoms with E-state index >= 15 is 0 Å². The van der Waals surface area contributed by atoms with Crippen LogP contribution in [0.3, 0.4) is 0 Å². The first-order chi connectivity index (χ1) is 19.8. The molecule has 0 amide bonds. The number of hydrogen-bond acceptors (Lipinski definition) is 1. The summed E-state index contributed by atoms with van der Waals surface area (Å²) < 4.78 is 2.49. The third-order valence-corrected chi connectivity index (χ3v) is 10.1. The summed E-state index contributed by atoms with van der Waals surface area (Å²) in [5.74, 6) is 0. The molecule has 0 N–H and O–H groups in total. The molecule has 40 heavy (non-hydrogen) atoms. The molecule has 9 rings (SSSR count). The third kappa shape index (κ3) is 2.69. The number of nitrogens with zero attached hydrogens (tertiary/aromatic N) is 1. The van der Waals surface area contributed by atoms with E-state index in [1.165, 1.54) is 76.2 Å². The van der Waals surface area contributed by atoms with Crippen molar-refractivity contribution in [1.29, 1.82) is 0 Å². The Bertz CT molecular complexity index is 2100. The molecule has 1 nitrogen and oxygen atoms in total. The summed E-state index contributed by atoms with van der Waals surface area (Å²) >= 11 is 1.93. The predicted molar refractivity (Wildman–Crippen MR) is 167 cm³/mol. The van der Waals surface area contributed by atoms with Crippen molar-refractivity contribution in [3.05, 3.63) is 161 Å². The van der Waals surface area contributed by atoms with Crippen molar-refractivity contribution < 1.29 is 0 Å². The summed E-state index contributed by atoms with van der Waals surface area (Å²) in [6, 6.07) is 49.7. The molecular formula is C38H25NS. The van der Waals surface area contributed by atoms with Gasteiger partial charge in [-0.05, 0) is 64.6 Å². The molecule has 0 atom stereocenters. The van der Waals surface area contributed by atoms with Crippen LogP contribution >= 0.6 is 11.8 Å². The maximum Gasteiger partial charge on any atom is 0.0736 e. The van der Waals surface area contributed by atoms with Crippen LogP contribution in [-0.2, 0) is 5.41 Å². The molecule has 0 fully saturated rings. The molecule has 0 unspecified atom stereocenters. The summed E-state index contributed by atoms with van der Waals surface area (Å²) in [6.45, 7) is 2.16. The average Bonchev–Trinajstić information content (AvgIpc) is 3.50. The summed E-state index contributed by atoms with van der Waals surface area (Å²) in [4.78, 5) is 2.68. The lowest BCUT2D eigenvalue weighted by Gasteiger charge is -2.40. The second kappa shape index (κ2) is 8.00. The molecule has 1 aromatic heterocycles. The molecule has 188 valence electrons. The van der Waals surface area contributed by atoms with Crippen molar-refractivity contribution in [1.82, 2.24) is 4.57 Å². The van der Waals surface area contributed by atoms with Gasteiger partial charge in [0.15, 0.2) is 0 Å². The van der Waals surface area contributed by atoms with Gasteiger partial charge in [0.25, 0.3) is 0 Å². The number of fused-ring (bicyclic) bond motifs is 13. The molecular weight excluding hydrogens is 502 g/mol. The smallest absolute Gasteiger partial charge is 0.0736 e. The molecule has 2 heterocycles. The largest absolute Gasteiger partial charge is 0.308 e. The van der Waals surface area contributed by atoms with Crippen LogP contribution in [0.15, 0.2) is 143 Å². The number of para-hydroxylation sites is 1. The van der Waals surface area contributed by atoms with E-state index in [-0.39, 0.29) is 5.41 Å². The van der Waals surface area contributed by atoms with E-state index in [2.05, 4.69) is 145 Å². The number of rotatable bonds is 1. The first-order valence-corrected chi connectivity index (χ1v) is 14.7. The second-order valence-corrected chi connectivity index (χ2v) is 12.0. The van der Waals surface area contributed by atoms with E-state index in [1.54, 1.807) is 0 Å². The van der Waals surface area contributed by atoms with Crippen molar-refractivity contribution in [3.63, 3.8) is 0 Å². The minimum Gasteiger partial charge on any atom is -0.308 e. The van der Waals surface area contributed by atoms with Gasteiger partial charge in [-0.3, -0.25) is 0 Å². The standard InChI is InChI=1S/C38H25NS/c1-24-18-20-25(21-19-24)39-34-16-8-4-12-28(34)29-22-23-33-37(36(29)39)40-35-17-9-7-15-32(35)38(33)30-13-5-2-10-26(30)27-11-3-6-14-31(27)38/h2-23H,1H3. The first-order valence-electron chi connectivity index (χ1n) is 13.9. The van der Waals surface area contributed by atoms with Crippen LogP contribution in [0.25, 0.3) is 38.6 Å². The fourth-order valence-corrected chi connectivity index (χ4v) is 8.65. The Kier molecular flexibility index (Phi) is 4.46. The molecule has 1 spiro atoms. The molecule has 0 saturated carbocycles. The van der Waals surface area contributed by atoms with Gasteiger partial charge in [0.05, 0.1) is 16.4 Å². The number of hydrogen-bond donors (Lipinski definition) is 0. The van der Waals surface area contributed by atoms with Crippen molar-refractivity contribution in [3.8, 4) is 16.8 Å². The fraction of sp³-hybridized carbons (Fsp3) is 0.0526. The lowest BCUT2D eigenvalue weighted by molar-refractivity contribution is 0.724. The molecule has 0 saturated heterocycles. The van der Waals surface area contributed by atoms with Gasteiger partial charge in [-0.15, -0.1) is 0 Å². The zero-order valence-corrected chi connectivity index (χ0v) is 22.9. The first kappa shape index (κ1) is 22.3. The molecule has 7 aromatic rings. The highest BCUT2D eigenvalue weighted by molar-refractivity contribution is 7.99. The minimum atomic E-state index is -0.368. The van der Waals surface area contributed by atoms with Gasteiger partial charge in [0.2, 0.25) is 0 Å². The van der Waals surface area contributed by atoms with Gasteiger partial charge in [0.1, 0.15) is 0 Å². The van der Waals surface area contributed by atoms with Crippen LogP contribution in [0.4, 0.5) is 0 Å². The van der Waals surface area contributed by atoms with Crippen LogP contribution in [-0.4, -0.2) is 4.57 Å². The zero-order valence-electron chi connectivity index (χ0n) is 22.1. The number of benzene rings is 6. The highest BCUT2D eigenvalue weighted by Gasteiger charge is 2.50. The van der Waals surface area contributed by atoms with Gasteiger partial charge in [0, 0.05) is 26.3 Å². The summed E-state index contributed by atoms with van der Waals surface area (Å²) in [6.07, 6.45) is 0. The molecule has 6 aromatic carbocycles. The number of aromatic nitrogens is 1. The van der Waals surface area contributed by atoms with Gasteiger partial charge >= 0.3 is 0 Å². The monoisotopic (exact) mass is 527 g/mol. The van der Waals surface area contributed by atoms with Crippen LogP contribution in [0.1, 0.15) is 27.8 Å². The van der Waals surface area contributed by atoms with E-state index in [1.807, 2.05) is 11.8 Å². The third-order valence-electron chi connectivity index (χ3n) is 8.94. The van der Waals surface area contributed by atoms with Gasteiger partial charge in [-0.1, -0.05) is 127 Å². The second-order valence-electron chi connectivity index (χ2n) is 11.0. The van der Waals surface area contributed by atoms with Crippen LogP contribution in [0, 0.1) is 6.92 Å². The Hall–Kier alpha value is -4.53. The Morgan fingerprint density at radius 2 is 1.15 bits per heavy atom. The molecule has 2 heteroatoms. The predicted octanol–water partition coefficient (Wildman–Crippen LogP) is 9.92. The Balaban J connectivity index is 1.50. The van der Waals surface area contributed by atoms with Gasteiger partial charge < -0.3 is 4.57 Å². The molecule has 1 aliphatic heterocycles. The van der Waals surface area contributed by atoms with Crippen LogP contribution in [0.5, 0.6) is 0 Å². The molecule has 0 bridgehead atoms. The van der Waals surface area contributed by atoms with Crippen LogP contribution in [0.2, 0.25) is 0 Å². The summed E-state index contributed by atoms with van der Waals surface area (Å²) in [5, 5.41) is 2.60. The summed E-state index contributed by atoms with van der Waals surface area (Å²) in [5.41, 5.74) is 12.8. The average molecular weight is 528 g/mol. The lowest BCUT2D eigenvalue weighted by Crippen LogP contribution is -2.32. The Morgan fingerprint density at radius 1 is 0.525 bits per heavy atom. The van der Waals surface area contributed by atoms with E-state index in [0.717, 1.165) is 0 Å². The van der Waals surface area contributed by atoms with Crippen molar-refractivity contribution in [2.24, 2.45) is 0 Å². The Labute approximate surface area is 237 Å². The van der Waals surface area contributed by atoms with E-state index in [0.29, 0.717) is 0 Å². The fourth-order valence-electron chi connectivity index (χ4n) is 7.32. The zero-order chi connectivity index (χ0) is 26.4. The maximum absolute atomic E-state index is 2.49. The van der Waals surface area contributed by atoms with E-state index < -0.39 is 0 Å². The highest BCUT2D eigenvalue weighted by Crippen LogP contribution is 2.63. The van der Waals surface area contributed by atoms with Crippen molar-refractivity contribution in [2.45, 2.75) is 22.1 Å². The van der Waals surface area contributed by atoms with Gasteiger partial charge in [-0.2, -0.15) is 0 Å². The quantitative estimate of drug-likeness (QED) is 0.206. The Morgan fingerprint density at radius 3 is 1.90 bits per heavy atom. The van der Waals surface area contributed by atoms with Crippen LogP contribution < -0.4 is 0 Å². The maximum atomic E-state index is 2.49. The molecule has 2 aliphatic rings.